The second-order valence-corrected chi connectivity index (χ2v) is 8.11. The van der Waals surface area contributed by atoms with Gasteiger partial charge in [0.15, 0.2) is 0 Å². The topological polar surface area (TPSA) is 41.1 Å². The van der Waals surface area contributed by atoms with Gasteiger partial charge in [0.1, 0.15) is 11.6 Å². The van der Waals surface area contributed by atoms with Crippen molar-refractivity contribution in [1.29, 1.82) is 0 Å². The highest BCUT2D eigenvalue weighted by Crippen LogP contribution is 2.25. The predicted molar refractivity (Wildman–Crippen MR) is 123 cm³/mol. The van der Waals surface area contributed by atoms with Crippen LogP contribution in [0.2, 0.25) is 0 Å². The zero-order valence-electron chi connectivity index (χ0n) is 17.9. The average molecular weight is 448 g/mol. The van der Waals surface area contributed by atoms with Gasteiger partial charge in [0.2, 0.25) is 0 Å². The van der Waals surface area contributed by atoms with E-state index >= 15 is 0 Å². The number of rotatable bonds is 7. The third kappa shape index (κ3) is 4.88. The van der Waals surface area contributed by atoms with Crippen LogP contribution in [0, 0.1) is 0 Å². The summed E-state index contributed by atoms with van der Waals surface area (Å²) >= 11 is 0. The van der Waals surface area contributed by atoms with Crippen molar-refractivity contribution >= 4 is 38.9 Å². The van der Waals surface area contributed by atoms with Gasteiger partial charge < -0.3 is 18.8 Å². The van der Waals surface area contributed by atoms with Crippen molar-refractivity contribution in [2.45, 2.75) is 38.5 Å². The minimum absolute atomic E-state index is 0.218. The lowest BCUT2D eigenvalue weighted by molar-refractivity contribution is 0.564. The molecule has 0 aromatic carbocycles. The molecule has 4 rings (SSSR count). The van der Waals surface area contributed by atoms with Gasteiger partial charge in [-0.25, -0.2) is 0 Å². The molecule has 2 aliphatic rings. The molecule has 32 heavy (non-hydrogen) atoms. The quantitative estimate of drug-likeness (QED) is 0.275. The van der Waals surface area contributed by atoms with E-state index in [1.165, 1.54) is 12.4 Å². The number of hydrogen-bond acceptors (Lipinski definition) is 4. The molecule has 0 radical (unpaired) electrons. The molecule has 0 N–H and O–H groups in total. The monoisotopic (exact) mass is 448 g/mol. The number of halogens is 4. The van der Waals surface area contributed by atoms with Gasteiger partial charge in [0.05, 0.1) is 23.8 Å². The van der Waals surface area contributed by atoms with Crippen molar-refractivity contribution in [3.8, 4) is 0 Å². The molecule has 0 saturated carbocycles. The lowest BCUT2D eigenvalue weighted by Crippen LogP contribution is -2.33. The van der Waals surface area contributed by atoms with Gasteiger partial charge in [-0.3, -0.25) is 17.3 Å². The SMILES string of the molecule is FB(F)n1c(/C=N/N=C/c2ccc(N3CCCCC3)n2B(F)F)ccc1N1CCCCC1. The van der Waals surface area contributed by atoms with E-state index < -0.39 is 14.8 Å². The Hall–Kier alpha value is -2.65. The Kier molecular flexibility index (Phi) is 7.26. The molecule has 12 heteroatoms. The molecule has 2 aliphatic heterocycles. The van der Waals surface area contributed by atoms with Gasteiger partial charge in [0.25, 0.3) is 0 Å². The summed E-state index contributed by atoms with van der Waals surface area (Å²) in [6.45, 7) is 2.98. The summed E-state index contributed by atoms with van der Waals surface area (Å²) in [6.07, 6.45) is 8.59. The molecule has 2 aromatic rings. The lowest BCUT2D eigenvalue weighted by Gasteiger charge is -2.29. The van der Waals surface area contributed by atoms with E-state index in [2.05, 4.69) is 10.2 Å². The molecule has 6 nitrogen and oxygen atoms in total. The van der Waals surface area contributed by atoms with E-state index in [-0.39, 0.29) is 11.4 Å². The van der Waals surface area contributed by atoms with Gasteiger partial charge in [-0.05, 0) is 62.8 Å². The summed E-state index contributed by atoms with van der Waals surface area (Å²) in [5.74, 6) is 0.922. The van der Waals surface area contributed by atoms with Crippen LogP contribution in [0.15, 0.2) is 34.5 Å². The second-order valence-electron chi connectivity index (χ2n) is 8.11. The van der Waals surface area contributed by atoms with E-state index in [0.717, 1.165) is 73.7 Å². The maximum atomic E-state index is 13.7. The van der Waals surface area contributed by atoms with Gasteiger partial charge >= 0.3 is 14.8 Å². The molecule has 2 fully saturated rings. The van der Waals surface area contributed by atoms with Crippen LogP contribution >= 0.6 is 0 Å². The van der Waals surface area contributed by atoms with Crippen LogP contribution in [0.1, 0.15) is 49.9 Å². The van der Waals surface area contributed by atoms with Gasteiger partial charge in [-0.15, -0.1) is 0 Å². The van der Waals surface area contributed by atoms with Gasteiger partial charge in [-0.1, -0.05) is 0 Å². The summed E-state index contributed by atoms with van der Waals surface area (Å²) in [4.78, 5) is 3.90. The first-order valence-electron chi connectivity index (χ1n) is 11.1. The van der Waals surface area contributed by atoms with Crippen molar-refractivity contribution < 1.29 is 17.3 Å². The smallest absolute Gasteiger partial charge is 0.359 e. The highest BCUT2D eigenvalue weighted by molar-refractivity contribution is 6.43. The molecule has 0 aliphatic carbocycles. The number of anilines is 2. The fourth-order valence-corrected chi connectivity index (χ4v) is 4.49. The molecule has 0 amide bonds. The maximum Gasteiger partial charge on any atom is 0.679 e. The predicted octanol–water partition coefficient (Wildman–Crippen LogP) is 4.27. The highest BCUT2D eigenvalue weighted by atomic mass is 19.2. The second kappa shape index (κ2) is 10.3. The van der Waals surface area contributed by atoms with Crippen LogP contribution < -0.4 is 9.80 Å². The average Bonchev–Trinajstić information content (AvgIpc) is 3.42. The first-order valence-corrected chi connectivity index (χ1v) is 11.1. The summed E-state index contributed by atoms with van der Waals surface area (Å²) in [6, 6.07) is 6.47. The molecule has 0 bridgehead atoms. The minimum Gasteiger partial charge on any atom is -0.359 e. The third-order valence-electron chi connectivity index (χ3n) is 6.05. The number of nitrogens with zero attached hydrogens (tertiary/aromatic N) is 6. The van der Waals surface area contributed by atoms with E-state index in [0.29, 0.717) is 11.6 Å². The number of aromatic nitrogens is 2. The van der Waals surface area contributed by atoms with Crippen molar-refractivity contribution in [3.05, 3.63) is 35.7 Å². The van der Waals surface area contributed by atoms with E-state index in [4.69, 9.17) is 0 Å². The van der Waals surface area contributed by atoms with Crippen LogP contribution in [0.5, 0.6) is 0 Å². The summed E-state index contributed by atoms with van der Waals surface area (Å²) in [5, 5.41) is 7.72. The van der Waals surface area contributed by atoms with Crippen LogP contribution in [-0.2, 0) is 0 Å². The Morgan fingerprint density at radius 3 is 1.31 bits per heavy atom. The number of piperidine rings is 2. The van der Waals surface area contributed by atoms with Crippen molar-refractivity contribution in [2.75, 3.05) is 36.0 Å². The maximum absolute atomic E-state index is 13.7. The van der Waals surface area contributed by atoms with E-state index in [1.807, 2.05) is 9.80 Å². The first-order chi connectivity index (χ1) is 15.6. The first kappa shape index (κ1) is 22.5. The Balaban J connectivity index is 1.51. The van der Waals surface area contributed by atoms with Crippen LogP contribution in [0.4, 0.5) is 28.9 Å². The molecule has 2 saturated heterocycles. The lowest BCUT2D eigenvalue weighted by atomic mass is 10.1. The van der Waals surface area contributed by atoms with Crippen LogP contribution in [0.3, 0.4) is 0 Å². The zero-order chi connectivity index (χ0) is 22.5. The molecule has 170 valence electrons. The zero-order valence-corrected chi connectivity index (χ0v) is 17.9. The van der Waals surface area contributed by atoms with Gasteiger partial charge in [0, 0.05) is 26.2 Å². The molecule has 0 atom stereocenters. The largest absolute Gasteiger partial charge is 0.679 e. The standard InChI is InChI=1S/C20H26B2F4N6/c23-21(24)31-17(7-9-19(31)29-11-3-1-4-12-29)15-27-28-16-18-8-10-20(32(18)22(25)26)30-13-5-2-6-14-30/h7-10,15-16H,1-6,11-14H2/b27-15+,28-16+. The van der Waals surface area contributed by atoms with Crippen molar-refractivity contribution in [1.82, 2.24) is 8.96 Å². The normalized spacial score (nSPS) is 17.6. The Morgan fingerprint density at radius 1 is 0.594 bits per heavy atom. The Labute approximate surface area is 186 Å². The van der Waals surface area contributed by atoms with Crippen LogP contribution in [-0.4, -0.2) is 62.4 Å². The molecular weight excluding hydrogens is 422 g/mol. The third-order valence-corrected chi connectivity index (χ3v) is 6.05. The fourth-order valence-electron chi connectivity index (χ4n) is 4.49. The van der Waals surface area contributed by atoms with Gasteiger partial charge in [-0.2, -0.15) is 10.2 Å². The molecule has 2 aromatic heterocycles. The Morgan fingerprint density at radius 2 is 0.969 bits per heavy atom. The van der Waals surface area contributed by atoms with Crippen molar-refractivity contribution in [3.63, 3.8) is 0 Å². The molecule has 0 unspecified atom stereocenters. The summed E-state index contributed by atoms with van der Waals surface area (Å²) in [5.41, 5.74) is 0.437. The molecular formula is C20H26B2F4N6. The molecule has 0 spiro atoms. The molecule has 4 heterocycles. The van der Waals surface area contributed by atoms with E-state index in [9.17, 15) is 17.3 Å². The number of hydrogen-bond donors (Lipinski definition) is 0. The Bertz CT molecular complexity index is 870. The highest BCUT2D eigenvalue weighted by Gasteiger charge is 2.27. The minimum atomic E-state index is -2.71. The fraction of sp³-hybridized carbons (Fsp3) is 0.500. The summed E-state index contributed by atoms with van der Waals surface area (Å²) < 4.78 is 56.7. The van der Waals surface area contributed by atoms with Crippen LogP contribution in [0.25, 0.3) is 0 Å². The summed E-state index contributed by atoms with van der Waals surface area (Å²) in [7, 11) is -5.42. The van der Waals surface area contributed by atoms with E-state index in [1.54, 1.807) is 24.3 Å². The van der Waals surface area contributed by atoms with Crippen molar-refractivity contribution in [2.24, 2.45) is 10.2 Å².